The number of carbonyl (C=O) groups is 5. The second-order valence-corrected chi connectivity index (χ2v) is 13.3. The monoisotopic (exact) mass is 638 g/mol. The molecular formula is C32H35N2O10P. The van der Waals surface area contributed by atoms with Crippen molar-refractivity contribution >= 4 is 47.2 Å². The van der Waals surface area contributed by atoms with E-state index in [-0.39, 0.29) is 29.3 Å². The van der Waals surface area contributed by atoms with Gasteiger partial charge < -0.3 is 25.0 Å². The van der Waals surface area contributed by atoms with Crippen molar-refractivity contribution in [1.82, 2.24) is 9.80 Å². The fourth-order valence-electron chi connectivity index (χ4n) is 5.49. The molecule has 0 bridgehead atoms. The Hall–Kier alpha value is -4.64. The van der Waals surface area contributed by atoms with Gasteiger partial charge in [-0.05, 0) is 48.6 Å². The zero-order valence-corrected chi connectivity index (χ0v) is 26.0. The highest BCUT2D eigenvalue weighted by Gasteiger charge is 2.39. The fraction of sp³-hybridized carbons (Fsp3) is 0.281. The summed E-state index contributed by atoms with van der Waals surface area (Å²) >= 11 is 0. The molecule has 0 spiro atoms. The smallest absolute Gasteiger partial charge is 0.317 e. The van der Waals surface area contributed by atoms with Crippen molar-refractivity contribution in [3.8, 4) is 0 Å². The lowest BCUT2D eigenvalue weighted by molar-refractivity contribution is -0.144. The first kappa shape index (κ1) is 34.8. The molecule has 0 unspecified atom stereocenters. The van der Waals surface area contributed by atoms with Crippen molar-refractivity contribution in [3.05, 3.63) is 94.0 Å². The van der Waals surface area contributed by atoms with Gasteiger partial charge in [-0.1, -0.05) is 60.7 Å². The number of benzene rings is 3. The van der Waals surface area contributed by atoms with Crippen LogP contribution in [0.25, 0.3) is 0 Å². The van der Waals surface area contributed by atoms with Crippen molar-refractivity contribution in [2.24, 2.45) is 0 Å². The number of carbonyl (C=O) groups excluding carboxylic acids is 1. The first-order valence-corrected chi connectivity index (χ1v) is 15.6. The molecule has 13 heteroatoms. The third-order valence-electron chi connectivity index (χ3n) is 7.50. The number of rotatable bonds is 16. The molecule has 0 heterocycles. The van der Waals surface area contributed by atoms with E-state index in [9.17, 15) is 44.4 Å². The molecule has 238 valence electrons. The molecular weight excluding hydrogens is 603 g/mol. The van der Waals surface area contributed by atoms with Crippen LogP contribution in [-0.2, 0) is 36.8 Å². The highest BCUT2D eigenvalue weighted by molar-refractivity contribution is 7.93. The van der Waals surface area contributed by atoms with Crippen LogP contribution in [0.15, 0.2) is 60.7 Å². The summed E-state index contributed by atoms with van der Waals surface area (Å²) < 4.78 is 15.1. The van der Waals surface area contributed by atoms with Crippen LogP contribution in [0.4, 0.5) is 0 Å². The van der Waals surface area contributed by atoms with Crippen LogP contribution in [0.3, 0.4) is 0 Å². The lowest BCUT2D eigenvalue weighted by Crippen LogP contribution is -2.36. The Morgan fingerprint density at radius 1 is 0.556 bits per heavy atom. The summed E-state index contributed by atoms with van der Waals surface area (Å²) in [5.74, 6) is -5.10. The van der Waals surface area contributed by atoms with E-state index in [4.69, 9.17) is 0 Å². The van der Waals surface area contributed by atoms with Crippen molar-refractivity contribution in [2.45, 2.75) is 33.9 Å². The summed E-state index contributed by atoms with van der Waals surface area (Å²) in [4.78, 5) is 63.5. The molecule has 0 fully saturated rings. The second kappa shape index (κ2) is 14.9. The Balaban J connectivity index is 2.36. The number of nitrogens with zero attached hydrogens (tertiary/aromatic N) is 2. The third kappa shape index (κ3) is 8.30. The van der Waals surface area contributed by atoms with Gasteiger partial charge in [0.15, 0.2) is 0 Å². The van der Waals surface area contributed by atoms with Crippen molar-refractivity contribution < 1.29 is 49.0 Å². The predicted molar refractivity (Wildman–Crippen MR) is 166 cm³/mol. The van der Waals surface area contributed by atoms with Crippen molar-refractivity contribution in [1.29, 1.82) is 0 Å². The van der Waals surface area contributed by atoms with Gasteiger partial charge in [-0.15, -0.1) is 0 Å². The number of hydrogen-bond acceptors (Lipinski definition) is 8. The van der Waals surface area contributed by atoms with E-state index in [0.29, 0.717) is 27.8 Å². The molecule has 0 saturated heterocycles. The molecule has 3 aromatic carbocycles. The van der Waals surface area contributed by atoms with Crippen LogP contribution < -0.4 is 10.6 Å². The molecule has 0 atom stereocenters. The Bertz CT molecular complexity index is 1520. The first-order chi connectivity index (χ1) is 21.2. The van der Waals surface area contributed by atoms with Gasteiger partial charge in [-0.25, -0.2) is 0 Å². The van der Waals surface area contributed by atoms with Crippen LogP contribution >= 0.6 is 7.14 Å². The second-order valence-electron chi connectivity index (χ2n) is 10.7. The molecule has 0 amide bonds. The van der Waals surface area contributed by atoms with Gasteiger partial charge in [0.25, 0.3) is 0 Å². The summed E-state index contributed by atoms with van der Waals surface area (Å²) in [6.45, 7) is 1.92. The zero-order valence-electron chi connectivity index (χ0n) is 25.1. The SMILES string of the molecule is Cc1c(CN(CC(=O)O)CC(=O)O)c(C)c(C(=O)P(=O)(c2ccccc2)c2ccccc2)c(C)c1CN(CC(=O)O)CC(=O)O. The minimum absolute atomic E-state index is 0.0536. The molecule has 0 aliphatic rings. The maximum atomic E-state index is 15.1. The Labute approximate surface area is 259 Å². The average Bonchev–Trinajstić information content (AvgIpc) is 2.96. The lowest BCUT2D eigenvalue weighted by Gasteiger charge is -2.29. The van der Waals surface area contributed by atoms with E-state index in [0.717, 1.165) is 9.80 Å². The molecule has 0 aliphatic heterocycles. The molecule has 3 aromatic rings. The number of hydrogen-bond donors (Lipinski definition) is 4. The predicted octanol–water partition coefficient (Wildman–Crippen LogP) is 2.71. The van der Waals surface area contributed by atoms with E-state index in [1.54, 1.807) is 81.4 Å². The van der Waals surface area contributed by atoms with E-state index in [2.05, 4.69) is 0 Å². The van der Waals surface area contributed by atoms with Crippen LogP contribution in [0, 0.1) is 20.8 Å². The average molecular weight is 639 g/mol. The topological polar surface area (TPSA) is 190 Å². The maximum absolute atomic E-state index is 15.1. The zero-order chi connectivity index (χ0) is 33.5. The number of carboxylic acids is 4. The van der Waals surface area contributed by atoms with Crippen LogP contribution in [0.5, 0.6) is 0 Å². The van der Waals surface area contributed by atoms with E-state index in [1.807, 2.05) is 0 Å². The molecule has 45 heavy (non-hydrogen) atoms. The van der Waals surface area contributed by atoms with Gasteiger partial charge in [0, 0.05) is 29.3 Å². The lowest BCUT2D eigenvalue weighted by atomic mass is 9.88. The largest absolute Gasteiger partial charge is 0.480 e. The van der Waals surface area contributed by atoms with Crippen LogP contribution in [0.2, 0.25) is 0 Å². The number of aliphatic carboxylic acids is 4. The van der Waals surface area contributed by atoms with Crippen molar-refractivity contribution in [3.63, 3.8) is 0 Å². The highest BCUT2D eigenvalue weighted by atomic mass is 31.2. The minimum atomic E-state index is -4.05. The number of carboxylic acid groups (broad SMARTS) is 4. The van der Waals surface area contributed by atoms with Crippen LogP contribution in [-0.4, -0.2) is 85.8 Å². The summed E-state index contributed by atoms with van der Waals surface area (Å²) in [6.07, 6.45) is 0. The molecule has 4 N–H and O–H groups in total. The Morgan fingerprint density at radius 3 is 1.16 bits per heavy atom. The van der Waals surface area contributed by atoms with Crippen molar-refractivity contribution in [2.75, 3.05) is 26.2 Å². The normalized spacial score (nSPS) is 11.5. The molecule has 0 radical (unpaired) electrons. The Morgan fingerprint density at radius 2 is 0.867 bits per heavy atom. The third-order valence-corrected chi connectivity index (χ3v) is 10.3. The molecule has 0 saturated carbocycles. The highest BCUT2D eigenvalue weighted by Crippen LogP contribution is 2.49. The Kier molecular flexibility index (Phi) is 11.5. The first-order valence-electron chi connectivity index (χ1n) is 13.9. The van der Waals surface area contributed by atoms with Gasteiger partial charge in [0.1, 0.15) is 0 Å². The van der Waals surface area contributed by atoms with E-state index < -0.39 is 62.7 Å². The summed E-state index contributed by atoms with van der Waals surface area (Å²) in [7, 11) is -4.05. The maximum Gasteiger partial charge on any atom is 0.317 e. The quantitative estimate of drug-likeness (QED) is 0.168. The van der Waals surface area contributed by atoms with Gasteiger partial charge in [0.2, 0.25) is 12.7 Å². The molecule has 0 aromatic heterocycles. The summed E-state index contributed by atoms with van der Waals surface area (Å²) in [5, 5.41) is 38.4. The molecule has 3 rings (SSSR count). The van der Waals surface area contributed by atoms with E-state index in [1.165, 1.54) is 0 Å². The molecule has 12 nitrogen and oxygen atoms in total. The summed E-state index contributed by atoms with van der Waals surface area (Å²) in [6, 6.07) is 16.5. The fourth-order valence-corrected chi connectivity index (χ4v) is 8.09. The van der Waals surface area contributed by atoms with Gasteiger partial charge in [-0.3, -0.25) is 33.8 Å². The van der Waals surface area contributed by atoms with Crippen LogP contribution in [0.1, 0.15) is 38.2 Å². The summed E-state index contributed by atoms with van der Waals surface area (Å²) in [5.41, 5.74) is 1.32. The standard InChI is InChI=1S/C32H35N2O10P/c1-20-25(14-33(16-27(35)36)17-28(37)38)21(2)31(22(3)26(20)15-34(18-29(39)40)19-30(41)42)32(43)45(44,23-10-6-4-7-11-23)24-12-8-5-9-13-24/h4-13H,14-19H2,1-3H3,(H,35,36)(H,37,38)(H,39,40)(H,41,42). The van der Waals surface area contributed by atoms with Gasteiger partial charge in [0.05, 0.1) is 26.2 Å². The molecule has 0 aliphatic carbocycles. The van der Waals surface area contributed by atoms with Gasteiger partial charge >= 0.3 is 23.9 Å². The minimum Gasteiger partial charge on any atom is -0.480 e. The van der Waals surface area contributed by atoms with Gasteiger partial charge in [-0.2, -0.15) is 0 Å². The van der Waals surface area contributed by atoms with E-state index >= 15 is 4.57 Å².